The van der Waals surface area contributed by atoms with E-state index < -0.39 is 16.2 Å². The van der Waals surface area contributed by atoms with Crippen LogP contribution in [0.15, 0.2) is 18.2 Å². The Bertz CT molecular complexity index is 529. The van der Waals surface area contributed by atoms with Gasteiger partial charge in [0.2, 0.25) is 0 Å². The van der Waals surface area contributed by atoms with Crippen LogP contribution in [0.1, 0.15) is 32.4 Å². The molecular formula is C13H23NO6S. The highest BCUT2D eigenvalue weighted by molar-refractivity contribution is 7.85. The van der Waals surface area contributed by atoms with Crippen LogP contribution in [0.25, 0.3) is 0 Å². The fraction of sp³-hybridized carbons (Fsp3) is 0.538. The van der Waals surface area contributed by atoms with Crippen LogP contribution in [0, 0.1) is 0 Å². The summed E-state index contributed by atoms with van der Waals surface area (Å²) >= 11 is 0. The van der Waals surface area contributed by atoms with E-state index in [0.29, 0.717) is 18.2 Å². The van der Waals surface area contributed by atoms with Crippen molar-refractivity contribution >= 4 is 10.1 Å². The minimum absolute atomic E-state index is 0.178. The Hall–Kier alpha value is -1.35. The molecule has 7 nitrogen and oxygen atoms in total. The van der Waals surface area contributed by atoms with E-state index in [4.69, 9.17) is 9.66 Å². The topological polar surface area (TPSA) is 127 Å². The van der Waals surface area contributed by atoms with Crippen LogP contribution in [-0.2, 0) is 10.1 Å². The zero-order valence-corrected chi connectivity index (χ0v) is 13.1. The van der Waals surface area contributed by atoms with Crippen LogP contribution in [0.2, 0.25) is 0 Å². The molecule has 0 saturated heterocycles. The highest BCUT2D eigenvalue weighted by Crippen LogP contribution is 2.27. The Kier molecular flexibility index (Phi) is 8.26. The molecule has 0 saturated carbocycles. The fourth-order valence-electron chi connectivity index (χ4n) is 1.21. The molecule has 1 atom stereocenters. The Morgan fingerprint density at radius 2 is 1.71 bits per heavy atom. The standard InChI is InChI=1S/C11H17NO3.C2H6O3S/c1-7(2)12-6-11(15)8-3-4-9(13)10(14)5-8;1-2-6(3,4)5/h3-5,7,11-15H,6H2,1-2H3;2H2,1H3,(H,3,4,5). The van der Waals surface area contributed by atoms with Crippen molar-refractivity contribution in [2.24, 2.45) is 0 Å². The van der Waals surface area contributed by atoms with Crippen molar-refractivity contribution in [3.63, 3.8) is 0 Å². The van der Waals surface area contributed by atoms with Crippen molar-refractivity contribution in [2.45, 2.75) is 32.9 Å². The van der Waals surface area contributed by atoms with Crippen LogP contribution in [0.4, 0.5) is 0 Å². The maximum atomic E-state index is 9.73. The molecule has 5 N–H and O–H groups in total. The van der Waals surface area contributed by atoms with Gasteiger partial charge >= 0.3 is 0 Å². The zero-order chi connectivity index (χ0) is 16.6. The Morgan fingerprint density at radius 1 is 1.19 bits per heavy atom. The zero-order valence-electron chi connectivity index (χ0n) is 12.3. The lowest BCUT2D eigenvalue weighted by atomic mass is 10.1. The molecule has 1 aromatic carbocycles. The average Bonchev–Trinajstić information content (AvgIpc) is 2.39. The van der Waals surface area contributed by atoms with Gasteiger partial charge in [-0.15, -0.1) is 0 Å². The van der Waals surface area contributed by atoms with Crippen molar-refractivity contribution in [3.8, 4) is 11.5 Å². The lowest BCUT2D eigenvalue weighted by molar-refractivity contribution is 0.171. The first kappa shape index (κ1) is 19.7. The summed E-state index contributed by atoms with van der Waals surface area (Å²) in [5.41, 5.74) is 0.582. The number of phenols is 2. The Morgan fingerprint density at radius 3 is 2.10 bits per heavy atom. The molecule has 0 aliphatic rings. The minimum atomic E-state index is -3.66. The van der Waals surface area contributed by atoms with Gasteiger partial charge in [-0.25, -0.2) is 0 Å². The first-order valence-electron chi connectivity index (χ1n) is 6.45. The number of rotatable bonds is 5. The van der Waals surface area contributed by atoms with E-state index in [2.05, 4.69) is 5.32 Å². The van der Waals surface area contributed by atoms with Gasteiger partial charge in [0.05, 0.1) is 11.9 Å². The molecule has 0 aliphatic heterocycles. The maximum Gasteiger partial charge on any atom is 0.264 e. The van der Waals surface area contributed by atoms with Gasteiger partial charge in [0.25, 0.3) is 10.1 Å². The third-order valence-corrected chi connectivity index (χ3v) is 3.20. The lowest BCUT2D eigenvalue weighted by Crippen LogP contribution is -2.27. The van der Waals surface area contributed by atoms with Gasteiger partial charge in [-0.1, -0.05) is 19.9 Å². The molecule has 0 bridgehead atoms. The number of phenolic OH excluding ortho intramolecular Hbond substituents is 2. The van der Waals surface area contributed by atoms with Gasteiger partial charge in [0.15, 0.2) is 11.5 Å². The van der Waals surface area contributed by atoms with E-state index in [9.17, 15) is 18.6 Å². The van der Waals surface area contributed by atoms with E-state index in [1.807, 2.05) is 13.8 Å². The molecule has 0 spiro atoms. The van der Waals surface area contributed by atoms with Gasteiger partial charge < -0.3 is 20.6 Å². The Labute approximate surface area is 125 Å². The summed E-state index contributed by atoms with van der Waals surface area (Å²) < 4.78 is 26.9. The monoisotopic (exact) mass is 321 g/mol. The predicted molar refractivity (Wildman–Crippen MR) is 80.0 cm³/mol. The Balaban J connectivity index is 0.000000567. The summed E-state index contributed by atoms with van der Waals surface area (Å²) in [6.07, 6.45) is -0.682. The SMILES string of the molecule is CC(C)NCC(O)c1ccc(O)c(O)c1.CCS(=O)(=O)O. The molecular weight excluding hydrogens is 298 g/mol. The van der Waals surface area contributed by atoms with Gasteiger partial charge in [0, 0.05) is 12.6 Å². The number of aliphatic hydroxyl groups is 1. The van der Waals surface area contributed by atoms with Gasteiger partial charge in [-0.2, -0.15) is 8.42 Å². The van der Waals surface area contributed by atoms with Crippen LogP contribution in [-0.4, -0.2) is 46.6 Å². The number of aromatic hydroxyl groups is 2. The van der Waals surface area contributed by atoms with Crippen molar-refractivity contribution < 1.29 is 28.3 Å². The maximum absolute atomic E-state index is 9.73. The molecule has 1 aromatic rings. The molecule has 0 radical (unpaired) electrons. The van der Waals surface area contributed by atoms with Crippen molar-refractivity contribution in [3.05, 3.63) is 23.8 Å². The van der Waals surface area contributed by atoms with Crippen LogP contribution < -0.4 is 5.32 Å². The van der Waals surface area contributed by atoms with Crippen molar-refractivity contribution in [1.82, 2.24) is 5.32 Å². The number of hydrogen-bond donors (Lipinski definition) is 5. The number of benzene rings is 1. The number of aliphatic hydroxyl groups excluding tert-OH is 1. The molecule has 0 fully saturated rings. The second-order valence-electron chi connectivity index (χ2n) is 4.70. The summed E-state index contributed by atoms with van der Waals surface area (Å²) in [5, 5.41) is 31.2. The van der Waals surface area contributed by atoms with E-state index in [0.717, 1.165) is 0 Å². The molecule has 122 valence electrons. The highest BCUT2D eigenvalue weighted by Gasteiger charge is 2.10. The van der Waals surface area contributed by atoms with E-state index in [1.54, 1.807) is 6.07 Å². The van der Waals surface area contributed by atoms with E-state index in [1.165, 1.54) is 19.1 Å². The molecule has 8 heteroatoms. The third kappa shape index (κ3) is 9.24. The molecule has 1 unspecified atom stereocenters. The van der Waals surface area contributed by atoms with Crippen LogP contribution in [0.5, 0.6) is 11.5 Å². The molecule has 0 aromatic heterocycles. The first-order chi connectivity index (χ1) is 9.56. The fourth-order valence-corrected chi connectivity index (χ4v) is 1.21. The van der Waals surface area contributed by atoms with Crippen LogP contribution >= 0.6 is 0 Å². The highest BCUT2D eigenvalue weighted by atomic mass is 32.2. The van der Waals surface area contributed by atoms with Crippen molar-refractivity contribution in [2.75, 3.05) is 12.3 Å². The molecule has 1 rings (SSSR count). The number of nitrogens with one attached hydrogen (secondary N) is 1. The van der Waals surface area contributed by atoms with Gasteiger partial charge in [-0.05, 0) is 24.6 Å². The van der Waals surface area contributed by atoms with Gasteiger partial charge in [0.1, 0.15) is 0 Å². The van der Waals surface area contributed by atoms with E-state index in [-0.39, 0.29) is 17.3 Å². The normalized spacial score (nSPS) is 12.7. The van der Waals surface area contributed by atoms with E-state index >= 15 is 0 Å². The summed E-state index contributed by atoms with van der Waals surface area (Å²) in [6.45, 7) is 5.76. The van der Waals surface area contributed by atoms with Crippen LogP contribution in [0.3, 0.4) is 0 Å². The summed E-state index contributed by atoms with van der Waals surface area (Å²) in [5.74, 6) is -0.591. The average molecular weight is 321 g/mol. The molecule has 21 heavy (non-hydrogen) atoms. The lowest BCUT2D eigenvalue weighted by Gasteiger charge is -2.14. The second-order valence-corrected chi connectivity index (χ2v) is 6.44. The third-order valence-electron chi connectivity index (χ3n) is 2.47. The summed E-state index contributed by atoms with van der Waals surface area (Å²) in [6, 6.07) is 4.61. The summed E-state index contributed by atoms with van der Waals surface area (Å²) in [7, 11) is -3.66. The minimum Gasteiger partial charge on any atom is -0.504 e. The molecule has 0 heterocycles. The largest absolute Gasteiger partial charge is 0.504 e. The smallest absolute Gasteiger partial charge is 0.264 e. The first-order valence-corrected chi connectivity index (χ1v) is 8.06. The predicted octanol–water partition coefficient (Wildman–Crippen LogP) is 1.02. The quantitative estimate of drug-likeness (QED) is 0.405. The number of hydrogen-bond acceptors (Lipinski definition) is 6. The second kappa shape index (κ2) is 8.83. The van der Waals surface area contributed by atoms with Gasteiger partial charge in [-0.3, -0.25) is 4.55 Å². The summed E-state index contributed by atoms with van der Waals surface area (Å²) in [4.78, 5) is 0. The molecule has 0 amide bonds. The molecule has 0 aliphatic carbocycles. The van der Waals surface area contributed by atoms with Crippen molar-refractivity contribution in [1.29, 1.82) is 0 Å².